The van der Waals surface area contributed by atoms with Crippen molar-refractivity contribution in [3.8, 4) is 0 Å². The van der Waals surface area contributed by atoms with Crippen molar-refractivity contribution in [2.75, 3.05) is 6.54 Å². The summed E-state index contributed by atoms with van der Waals surface area (Å²) in [4.78, 5) is 4.03. The van der Waals surface area contributed by atoms with Crippen molar-refractivity contribution < 1.29 is 4.43 Å². The summed E-state index contributed by atoms with van der Waals surface area (Å²) in [6.07, 6.45) is 2.25. The molecule has 4 heteroatoms. The summed E-state index contributed by atoms with van der Waals surface area (Å²) >= 11 is 4.60. The highest BCUT2D eigenvalue weighted by Gasteiger charge is 2.51. The standard InChI is InChI=1S/C11H21NOSSi/c1-10(2,3)15(4,5)13-11(6-7-11)8-12-9-14/h6-8H2,1-5H3. The van der Waals surface area contributed by atoms with E-state index in [4.69, 9.17) is 4.43 Å². The van der Waals surface area contributed by atoms with Gasteiger partial charge in [-0.25, -0.2) is 4.99 Å². The molecule has 0 amide bonds. The minimum Gasteiger partial charge on any atom is -0.409 e. The lowest BCUT2D eigenvalue weighted by Gasteiger charge is -2.39. The van der Waals surface area contributed by atoms with E-state index in [2.05, 4.69) is 56.2 Å². The number of nitrogens with zero attached hydrogens (tertiary/aromatic N) is 1. The lowest BCUT2D eigenvalue weighted by Crippen LogP contribution is -2.45. The van der Waals surface area contributed by atoms with Crippen LogP contribution in [0, 0.1) is 0 Å². The first kappa shape index (κ1) is 13.0. The predicted octanol–water partition coefficient (Wildman–Crippen LogP) is 3.64. The second-order valence-electron chi connectivity index (χ2n) is 5.95. The third-order valence-corrected chi connectivity index (χ3v) is 8.20. The molecule has 0 spiro atoms. The zero-order chi connectivity index (χ0) is 11.7. The molecule has 0 saturated heterocycles. The van der Waals surface area contributed by atoms with E-state index in [0.29, 0.717) is 6.54 Å². The zero-order valence-electron chi connectivity index (χ0n) is 10.4. The van der Waals surface area contributed by atoms with Gasteiger partial charge in [-0.15, -0.1) is 0 Å². The van der Waals surface area contributed by atoms with Gasteiger partial charge in [0.15, 0.2) is 8.32 Å². The minimum atomic E-state index is -1.65. The van der Waals surface area contributed by atoms with Crippen LogP contribution < -0.4 is 0 Å². The number of hydrogen-bond donors (Lipinski definition) is 0. The molecule has 0 heterocycles. The van der Waals surface area contributed by atoms with Crippen LogP contribution in [0.3, 0.4) is 0 Å². The van der Waals surface area contributed by atoms with E-state index in [1.54, 1.807) is 0 Å². The molecular weight excluding hydrogens is 222 g/mol. The van der Waals surface area contributed by atoms with Gasteiger partial charge in [0.25, 0.3) is 0 Å². The molecule has 0 aliphatic heterocycles. The highest BCUT2D eigenvalue weighted by atomic mass is 32.1. The molecule has 0 aromatic carbocycles. The second-order valence-corrected chi connectivity index (χ2v) is 10.9. The van der Waals surface area contributed by atoms with Crippen LogP contribution in [0.5, 0.6) is 0 Å². The summed E-state index contributed by atoms with van der Waals surface area (Å²) in [5, 5.41) is 2.70. The molecule has 1 fully saturated rings. The van der Waals surface area contributed by atoms with Crippen molar-refractivity contribution in [3.63, 3.8) is 0 Å². The Morgan fingerprint density at radius 1 is 1.40 bits per heavy atom. The molecular formula is C11H21NOSSi. The van der Waals surface area contributed by atoms with E-state index < -0.39 is 8.32 Å². The van der Waals surface area contributed by atoms with Gasteiger partial charge in [0.05, 0.1) is 17.3 Å². The van der Waals surface area contributed by atoms with Crippen LogP contribution in [0.4, 0.5) is 0 Å². The predicted molar refractivity (Wildman–Crippen MR) is 70.1 cm³/mol. The summed E-state index contributed by atoms with van der Waals surface area (Å²) in [5.74, 6) is 0. The number of thiocarbonyl (C=S) groups is 1. The van der Waals surface area contributed by atoms with Crippen LogP contribution in [-0.2, 0) is 4.43 Å². The molecule has 1 rings (SSSR count). The fourth-order valence-electron chi connectivity index (χ4n) is 1.30. The average Bonchev–Trinajstić information content (AvgIpc) is 2.79. The molecule has 0 radical (unpaired) electrons. The van der Waals surface area contributed by atoms with Gasteiger partial charge in [-0.2, -0.15) is 0 Å². The summed E-state index contributed by atoms with van der Waals surface area (Å²) < 4.78 is 6.36. The normalized spacial score (nSPS) is 19.5. The maximum absolute atomic E-state index is 6.36. The summed E-state index contributed by atoms with van der Waals surface area (Å²) in [6.45, 7) is 12.1. The smallest absolute Gasteiger partial charge is 0.192 e. The topological polar surface area (TPSA) is 21.6 Å². The van der Waals surface area contributed by atoms with Crippen molar-refractivity contribution in [1.29, 1.82) is 0 Å². The van der Waals surface area contributed by atoms with Crippen molar-refractivity contribution in [3.05, 3.63) is 0 Å². The monoisotopic (exact) mass is 243 g/mol. The molecule has 86 valence electrons. The van der Waals surface area contributed by atoms with Crippen LogP contribution in [0.25, 0.3) is 0 Å². The Hall–Kier alpha value is -0.0231. The average molecular weight is 243 g/mol. The second kappa shape index (κ2) is 4.09. The SMILES string of the molecule is CC(C)(C)[Si](C)(C)OC1(CN=C=S)CC1. The van der Waals surface area contributed by atoms with Crippen LogP contribution in [0.2, 0.25) is 18.1 Å². The Labute approximate surface area is 99.3 Å². The van der Waals surface area contributed by atoms with E-state index in [0.717, 1.165) is 12.8 Å². The maximum atomic E-state index is 6.36. The Balaban J connectivity index is 2.65. The van der Waals surface area contributed by atoms with Gasteiger partial charge in [0, 0.05) is 0 Å². The van der Waals surface area contributed by atoms with Crippen LogP contribution in [0.15, 0.2) is 4.99 Å². The van der Waals surface area contributed by atoms with Gasteiger partial charge in [-0.3, -0.25) is 0 Å². The van der Waals surface area contributed by atoms with E-state index in [-0.39, 0.29) is 10.6 Å². The van der Waals surface area contributed by atoms with E-state index in [9.17, 15) is 0 Å². The molecule has 1 saturated carbocycles. The molecule has 0 atom stereocenters. The first-order valence-electron chi connectivity index (χ1n) is 5.46. The Kier molecular flexibility index (Phi) is 3.56. The fourth-order valence-corrected chi connectivity index (χ4v) is 3.02. The zero-order valence-corrected chi connectivity index (χ0v) is 12.2. The van der Waals surface area contributed by atoms with Crippen molar-refractivity contribution in [2.24, 2.45) is 4.99 Å². The number of isothiocyanates is 1. The molecule has 0 aromatic rings. The van der Waals surface area contributed by atoms with Gasteiger partial charge in [0.2, 0.25) is 0 Å². The fraction of sp³-hybridized carbons (Fsp3) is 0.909. The first-order chi connectivity index (χ1) is 6.72. The summed E-state index contributed by atoms with van der Waals surface area (Å²) in [5.41, 5.74) is 0.00874. The van der Waals surface area contributed by atoms with Gasteiger partial charge < -0.3 is 4.43 Å². The molecule has 0 unspecified atom stereocenters. The lowest BCUT2D eigenvalue weighted by molar-refractivity contribution is 0.167. The maximum Gasteiger partial charge on any atom is 0.192 e. The highest BCUT2D eigenvalue weighted by Crippen LogP contribution is 2.47. The number of hydrogen-bond acceptors (Lipinski definition) is 3. The lowest BCUT2D eigenvalue weighted by atomic mass is 10.2. The van der Waals surface area contributed by atoms with Crippen LogP contribution in [-0.4, -0.2) is 25.6 Å². The van der Waals surface area contributed by atoms with Crippen LogP contribution >= 0.6 is 12.2 Å². The molecule has 0 aromatic heterocycles. The third kappa shape index (κ3) is 3.21. The molecule has 0 N–H and O–H groups in total. The summed E-state index contributed by atoms with van der Waals surface area (Å²) in [6, 6.07) is 0. The van der Waals surface area contributed by atoms with Gasteiger partial charge >= 0.3 is 0 Å². The Bertz CT molecular complexity index is 285. The number of aliphatic imine (C=N–C) groups is 1. The molecule has 2 nitrogen and oxygen atoms in total. The molecule has 1 aliphatic rings. The van der Waals surface area contributed by atoms with Crippen molar-refractivity contribution in [1.82, 2.24) is 0 Å². The van der Waals surface area contributed by atoms with Gasteiger partial charge in [-0.05, 0) is 43.2 Å². The number of rotatable bonds is 4. The van der Waals surface area contributed by atoms with Crippen LogP contribution in [0.1, 0.15) is 33.6 Å². The van der Waals surface area contributed by atoms with E-state index >= 15 is 0 Å². The molecule has 15 heavy (non-hydrogen) atoms. The molecule has 1 aliphatic carbocycles. The minimum absolute atomic E-state index is 0.00874. The van der Waals surface area contributed by atoms with E-state index in [1.807, 2.05) is 0 Å². The third-order valence-electron chi connectivity index (χ3n) is 3.52. The summed E-state index contributed by atoms with van der Waals surface area (Å²) in [7, 11) is -1.65. The largest absolute Gasteiger partial charge is 0.409 e. The van der Waals surface area contributed by atoms with Gasteiger partial charge in [0.1, 0.15) is 0 Å². The Morgan fingerprint density at radius 3 is 2.27 bits per heavy atom. The highest BCUT2D eigenvalue weighted by molar-refractivity contribution is 7.78. The first-order valence-corrected chi connectivity index (χ1v) is 8.78. The van der Waals surface area contributed by atoms with Gasteiger partial charge in [-0.1, -0.05) is 20.8 Å². The van der Waals surface area contributed by atoms with Crippen molar-refractivity contribution in [2.45, 2.75) is 57.3 Å². The van der Waals surface area contributed by atoms with E-state index in [1.165, 1.54) is 0 Å². The molecule has 0 bridgehead atoms. The quantitative estimate of drug-likeness (QED) is 0.427. The van der Waals surface area contributed by atoms with Crippen molar-refractivity contribution >= 4 is 25.7 Å². The Morgan fingerprint density at radius 2 is 1.93 bits per heavy atom.